The summed E-state index contributed by atoms with van der Waals surface area (Å²) in [5.74, 6) is -0.665. The molecule has 0 unspecified atom stereocenters. The van der Waals surface area contributed by atoms with Crippen molar-refractivity contribution in [3.8, 4) is 5.75 Å². The smallest absolute Gasteiger partial charge is 0.151 e. The molecule has 0 bridgehead atoms. The second-order valence-electron chi connectivity index (χ2n) is 3.74. The molecule has 0 atom stereocenters. The molecule has 0 aliphatic carbocycles. The van der Waals surface area contributed by atoms with Gasteiger partial charge in [-0.3, -0.25) is 5.43 Å². The lowest BCUT2D eigenvalue weighted by Gasteiger charge is -2.04. The van der Waals surface area contributed by atoms with E-state index in [1.54, 1.807) is 13.2 Å². The number of benzene rings is 2. The SMILES string of the molecule is COc1ccccc1/C=N\Nc1ccc(F)cc1F. The molecule has 1 N–H and O–H groups in total. The van der Waals surface area contributed by atoms with Gasteiger partial charge in [-0.05, 0) is 24.3 Å². The third-order valence-corrected chi connectivity index (χ3v) is 2.46. The Labute approximate surface area is 109 Å². The maximum Gasteiger partial charge on any atom is 0.151 e. The Balaban J connectivity index is 2.11. The van der Waals surface area contributed by atoms with Gasteiger partial charge in [0.2, 0.25) is 0 Å². The largest absolute Gasteiger partial charge is 0.496 e. The topological polar surface area (TPSA) is 33.6 Å². The highest BCUT2D eigenvalue weighted by atomic mass is 19.1. The number of rotatable bonds is 4. The molecule has 2 aromatic carbocycles. The molecule has 0 heterocycles. The number of hydrogen-bond acceptors (Lipinski definition) is 3. The van der Waals surface area contributed by atoms with E-state index in [1.807, 2.05) is 18.2 Å². The molecule has 3 nitrogen and oxygen atoms in total. The molecule has 19 heavy (non-hydrogen) atoms. The van der Waals surface area contributed by atoms with E-state index < -0.39 is 11.6 Å². The number of hydrogen-bond donors (Lipinski definition) is 1. The second kappa shape index (κ2) is 5.95. The van der Waals surface area contributed by atoms with Crippen LogP contribution in [0.1, 0.15) is 5.56 Å². The van der Waals surface area contributed by atoms with Crippen LogP contribution in [0, 0.1) is 11.6 Å². The molecule has 0 saturated heterocycles. The molecule has 0 spiro atoms. The summed E-state index contributed by atoms with van der Waals surface area (Å²) in [6, 6.07) is 10.5. The highest BCUT2D eigenvalue weighted by Gasteiger charge is 2.02. The Kier molecular flexibility index (Phi) is 4.07. The van der Waals surface area contributed by atoms with E-state index in [2.05, 4.69) is 10.5 Å². The number of para-hydroxylation sites is 1. The lowest BCUT2D eigenvalue weighted by Crippen LogP contribution is -1.96. The number of anilines is 1. The molecule has 2 rings (SSSR count). The van der Waals surface area contributed by atoms with Gasteiger partial charge in [0.05, 0.1) is 19.0 Å². The summed E-state index contributed by atoms with van der Waals surface area (Å²) in [6.07, 6.45) is 1.50. The minimum absolute atomic E-state index is 0.104. The standard InChI is InChI=1S/C14H12F2N2O/c1-19-14-5-3-2-4-10(14)9-17-18-13-7-6-11(15)8-12(13)16/h2-9,18H,1H3/b17-9-. The Morgan fingerprint density at radius 1 is 1.16 bits per heavy atom. The molecule has 0 saturated carbocycles. The van der Waals surface area contributed by atoms with Crippen LogP contribution in [0.15, 0.2) is 47.6 Å². The van der Waals surface area contributed by atoms with E-state index in [-0.39, 0.29) is 5.69 Å². The third-order valence-electron chi connectivity index (χ3n) is 2.46. The number of halogens is 2. The van der Waals surface area contributed by atoms with Crippen molar-refractivity contribution in [3.05, 3.63) is 59.7 Å². The van der Waals surface area contributed by atoms with Crippen molar-refractivity contribution >= 4 is 11.9 Å². The number of methoxy groups -OCH3 is 1. The van der Waals surface area contributed by atoms with E-state index >= 15 is 0 Å². The maximum absolute atomic E-state index is 13.3. The fraction of sp³-hybridized carbons (Fsp3) is 0.0714. The average Bonchev–Trinajstić information content (AvgIpc) is 2.42. The van der Waals surface area contributed by atoms with Gasteiger partial charge in [0.25, 0.3) is 0 Å². The predicted octanol–water partition coefficient (Wildman–Crippen LogP) is 3.42. The summed E-state index contributed by atoms with van der Waals surface area (Å²) in [6.45, 7) is 0. The van der Waals surface area contributed by atoms with Gasteiger partial charge in [0.1, 0.15) is 11.6 Å². The summed E-state index contributed by atoms with van der Waals surface area (Å²) < 4.78 is 31.2. The van der Waals surface area contributed by atoms with Crippen LogP contribution in [0.5, 0.6) is 5.75 Å². The van der Waals surface area contributed by atoms with Crippen molar-refractivity contribution in [1.82, 2.24) is 0 Å². The molecule has 0 aliphatic rings. The van der Waals surface area contributed by atoms with Crippen LogP contribution in [0.25, 0.3) is 0 Å². The average molecular weight is 262 g/mol. The Morgan fingerprint density at radius 3 is 2.68 bits per heavy atom. The summed E-state index contributed by atoms with van der Waals surface area (Å²) in [5, 5.41) is 3.89. The van der Waals surface area contributed by atoms with E-state index in [0.717, 1.165) is 17.7 Å². The first-order valence-corrected chi connectivity index (χ1v) is 5.58. The Hall–Kier alpha value is -2.43. The van der Waals surface area contributed by atoms with E-state index in [4.69, 9.17) is 4.74 Å². The van der Waals surface area contributed by atoms with E-state index in [9.17, 15) is 8.78 Å². The third kappa shape index (κ3) is 3.28. The van der Waals surface area contributed by atoms with Crippen molar-refractivity contribution in [1.29, 1.82) is 0 Å². The van der Waals surface area contributed by atoms with Gasteiger partial charge < -0.3 is 4.74 Å². The minimum Gasteiger partial charge on any atom is -0.496 e. The molecular formula is C14H12F2N2O. The van der Waals surface area contributed by atoms with Crippen molar-refractivity contribution in [3.63, 3.8) is 0 Å². The second-order valence-corrected chi connectivity index (χ2v) is 3.74. The molecule has 0 radical (unpaired) electrons. The lowest BCUT2D eigenvalue weighted by atomic mass is 10.2. The zero-order valence-electron chi connectivity index (χ0n) is 10.2. The molecule has 2 aromatic rings. The normalized spacial score (nSPS) is 10.7. The number of ether oxygens (including phenoxy) is 1. The predicted molar refractivity (Wildman–Crippen MR) is 70.6 cm³/mol. The molecular weight excluding hydrogens is 250 g/mol. The van der Waals surface area contributed by atoms with Crippen LogP contribution in [-0.2, 0) is 0 Å². The summed E-state index contributed by atoms with van der Waals surface area (Å²) in [4.78, 5) is 0. The van der Waals surface area contributed by atoms with Crippen LogP contribution in [-0.4, -0.2) is 13.3 Å². The van der Waals surface area contributed by atoms with Crippen molar-refractivity contribution in [2.45, 2.75) is 0 Å². The van der Waals surface area contributed by atoms with Gasteiger partial charge in [-0.25, -0.2) is 8.78 Å². The van der Waals surface area contributed by atoms with Crippen molar-refractivity contribution < 1.29 is 13.5 Å². The van der Waals surface area contributed by atoms with Gasteiger partial charge >= 0.3 is 0 Å². The monoisotopic (exact) mass is 262 g/mol. The first-order chi connectivity index (χ1) is 9.20. The van der Waals surface area contributed by atoms with E-state index in [1.165, 1.54) is 12.3 Å². The first-order valence-electron chi connectivity index (χ1n) is 5.58. The van der Waals surface area contributed by atoms with Gasteiger partial charge in [0.15, 0.2) is 5.82 Å². The molecule has 0 aromatic heterocycles. The summed E-state index contributed by atoms with van der Waals surface area (Å²) in [5.41, 5.74) is 3.37. The quantitative estimate of drug-likeness (QED) is 0.676. The van der Waals surface area contributed by atoms with Gasteiger partial charge in [-0.1, -0.05) is 12.1 Å². The van der Waals surface area contributed by atoms with Crippen LogP contribution in [0.3, 0.4) is 0 Å². The highest BCUT2D eigenvalue weighted by molar-refractivity contribution is 5.83. The zero-order valence-corrected chi connectivity index (χ0v) is 10.2. The van der Waals surface area contributed by atoms with Crippen molar-refractivity contribution in [2.24, 2.45) is 5.10 Å². The molecule has 0 aliphatic heterocycles. The number of nitrogens with zero attached hydrogens (tertiary/aromatic N) is 1. The summed E-state index contributed by atoms with van der Waals surface area (Å²) >= 11 is 0. The Morgan fingerprint density at radius 2 is 1.95 bits per heavy atom. The number of nitrogens with one attached hydrogen (secondary N) is 1. The van der Waals surface area contributed by atoms with Gasteiger partial charge in [-0.15, -0.1) is 0 Å². The molecule has 0 fully saturated rings. The lowest BCUT2D eigenvalue weighted by molar-refractivity contribution is 0.414. The van der Waals surface area contributed by atoms with Crippen LogP contribution in [0.2, 0.25) is 0 Å². The summed E-state index contributed by atoms with van der Waals surface area (Å²) in [7, 11) is 1.56. The fourth-order valence-corrected chi connectivity index (χ4v) is 1.52. The molecule has 5 heteroatoms. The van der Waals surface area contributed by atoms with Crippen molar-refractivity contribution in [2.75, 3.05) is 12.5 Å². The van der Waals surface area contributed by atoms with Gasteiger partial charge in [-0.2, -0.15) is 5.10 Å². The van der Waals surface area contributed by atoms with Crippen LogP contribution < -0.4 is 10.2 Å². The minimum atomic E-state index is -0.697. The van der Waals surface area contributed by atoms with E-state index in [0.29, 0.717) is 5.75 Å². The van der Waals surface area contributed by atoms with Crippen LogP contribution >= 0.6 is 0 Å². The Bertz CT molecular complexity index is 600. The maximum atomic E-state index is 13.3. The first kappa shape index (κ1) is 13.0. The fourth-order valence-electron chi connectivity index (χ4n) is 1.52. The highest BCUT2D eigenvalue weighted by Crippen LogP contribution is 2.16. The molecule has 0 amide bonds. The van der Waals surface area contributed by atoms with Gasteiger partial charge in [0, 0.05) is 11.6 Å². The molecule has 98 valence electrons. The van der Waals surface area contributed by atoms with Crippen LogP contribution in [0.4, 0.5) is 14.5 Å². The number of hydrazone groups is 1. The zero-order chi connectivity index (χ0) is 13.7.